The van der Waals surface area contributed by atoms with E-state index in [-0.39, 0.29) is 5.91 Å². The molecule has 0 atom stereocenters. The Labute approximate surface area is 122 Å². The van der Waals surface area contributed by atoms with E-state index in [0.29, 0.717) is 5.82 Å². The van der Waals surface area contributed by atoms with Gasteiger partial charge in [-0.15, -0.1) is 0 Å². The van der Waals surface area contributed by atoms with E-state index < -0.39 is 0 Å². The van der Waals surface area contributed by atoms with Crippen LogP contribution in [0.5, 0.6) is 0 Å². The number of carbonyl (C=O) groups is 1. The fourth-order valence-electron chi connectivity index (χ4n) is 2.06. The molecule has 0 fully saturated rings. The van der Waals surface area contributed by atoms with Crippen molar-refractivity contribution in [2.45, 2.75) is 0 Å². The third kappa shape index (κ3) is 2.81. The molecule has 2 heterocycles. The van der Waals surface area contributed by atoms with Gasteiger partial charge in [-0.1, -0.05) is 12.1 Å². The smallest absolute Gasteiger partial charge is 0.291 e. The Morgan fingerprint density at radius 3 is 2.29 bits per heavy atom. The van der Waals surface area contributed by atoms with Crippen LogP contribution in [-0.4, -0.2) is 20.4 Å². The topological polar surface area (TPSA) is 59.8 Å². The van der Waals surface area contributed by atoms with Crippen LogP contribution in [0.1, 0.15) is 10.6 Å². The fraction of sp³-hybridized carbons (Fsp3) is 0.0625. The molecule has 1 N–H and O–H groups in total. The third-order valence-electron chi connectivity index (χ3n) is 3.18. The van der Waals surface area contributed by atoms with Crippen LogP contribution < -0.4 is 5.32 Å². The van der Waals surface area contributed by atoms with Crippen LogP contribution in [0, 0.1) is 0 Å². The molecule has 3 aromatic rings. The first-order chi connectivity index (χ1) is 10.2. The van der Waals surface area contributed by atoms with Crippen molar-refractivity contribution in [2.75, 3.05) is 5.32 Å². The average molecular weight is 278 g/mol. The molecule has 0 bridgehead atoms. The SMILES string of the molecule is Cn1ccnc1C(=O)Nc1ccc(-c2ccncc2)cc1. The van der Waals surface area contributed by atoms with E-state index >= 15 is 0 Å². The van der Waals surface area contributed by atoms with Crippen molar-refractivity contribution in [1.82, 2.24) is 14.5 Å². The molecule has 0 saturated carbocycles. The standard InChI is InChI=1S/C16H14N4O/c1-20-11-10-18-15(20)16(21)19-14-4-2-12(3-5-14)13-6-8-17-9-7-13/h2-11H,1H3,(H,19,21). The van der Waals surface area contributed by atoms with Gasteiger partial charge in [-0.25, -0.2) is 4.98 Å². The number of hydrogen-bond donors (Lipinski definition) is 1. The van der Waals surface area contributed by atoms with Crippen LogP contribution in [0.25, 0.3) is 11.1 Å². The summed E-state index contributed by atoms with van der Waals surface area (Å²) < 4.78 is 1.68. The van der Waals surface area contributed by atoms with Crippen molar-refractivity contribution in [3.8, 4) is 11.1 Å². The van der Waals surface area contributed by atoms with E-state index in [1.54, 1.807) is 36.4 Å². The van der Waals surface area contributed by atoms with Gasteiger partial charge in [0.1, 0.15) is 0 Å². The molecular weight excluding hydrogens is 264 g/mol. The number of pyridine rings is 1. The average Bonchev–Trinajstić information content (AvgIpc) is 2.95. The van der Waals surface area contributed by atoms with Crippen molar-refractivity contribution >= 4 is 11.6 Å². The first-order valence-electron chi connectivity index (χ1n) is 6.53. The normalized spacial score (nSPS) is 10.3. The van der Waals surface area contributed by atoms with Crippen LogP contribution in [-0.2, 0) is 7.05 Å². The summed E-state index contributed by atoms with van der Waals surface area (Å²) >= 11 is 0. The lowest BCUT2D eigenvalue weighted by molar-refractivity contribution is 0.101. The van der Waals surface area contributed by atoms with Crippen LogP contribution >= 0.6 is 0 Å². The highest BCUT2D eigenvalue weighted by Crippen LogP contribution is 2.20. The highest BCUT2D eigenvalue weighted by atomic mass is 16.2. The Bertz CT molecular complexity index is 747. The summed E-state index contributed by atoms with van der Waals surface area (Å²) in [6, 6.07) is 11.6. The highest BCUT2D eigenvalue weighted by molar-refractivity contribution is 6.01. The van der Waals surface area contributed by atoms with Crippen LogP contribution in [0.15, 0.2) is 61.2 Å². The molecule has 3 rings (SSSR count). The zero-order chi connectivity index (χ0) is 14.7. The maximum Gasteiger partial charge on any atom is 0.291 e. The predicted molar refractivity (Wildman–Crippen MR) is 80.8 cm³/mol. The van der Waals surface area contributed by atoms with Crippen LogP contribution in [0.2, 0.25) is 0 Å². The van der Waals surface area contributed by atoms with Gasteiger partial charge in [-0.05, 0) is 35.4 Å². The maximum atomic E-state index is 12.0. The number of aryl methyl sites for hydroxylation is 1. The van der Waals surface area contributed by atoms with Crippen molar-refractivity contribution in [3.05, 3.63) is 67.0 Å². The van der Waals surface area contributed by atoms with Crippen LogP contribution in [0.3, 0.4) is 0 Å². The number of anilines is 1. The Morgan fingerprint density at radius 2 is 1.67 bits per heavy atom. The van der Waals surface area contributed by atoms with Gasteiger partial charge in [0.25, 0.3) is 5.91 Å². The first kappa shape index (κ1) is 13.1. The lowest BCUT2D eigenvalue weighted by atomic mass is 10.1. The molecule has 0 spiro atoms. The zero-order valence-electron chi connectivity index (χ0n) is 11.5. The summed E-state index contributed by atoms with van der Waals surface area (Å²) in [5, 5.41) is 2.83. The minimum Gasteiger partial charge on any atom is -0.330 e. The predicted octanol–water partition coefficient (Wildman–Crippen LogP) is 2.73. The largest absolute Gasteiger partial charge is 0.330 e. The quantitative estimate of drug-likeness (QED) is 0.801. The number of nitrogens with one attached hydrogen (secondary N) is 1. The van der Waals surface area contributed by atoms with Gasteiger partial charge in [0, 0.05) is 37.5 Å². The molecule has 5 nitrogen and oxygen atoms in total. The number of hydrogen-bond acceptors (Lipinski definition) is 3. The first-order valence-corrected chi connectivity index (χ1v) is 6.53. The molecular formula is C16H14N4O. The second-order valence-corrected chi connectivity index (χ2v) is 4.63. The van der Waals surface area contributed by atoms with Crippen molar-refractivity contribution in [1.29, 1.82) is 0 Å². The minimum atomic E-state index is -0.223. The number of imidazole rings is 1. The Hall–Kier alpha value is -2.95. The number of benzene rings is 1. The third-order valence-corrected chi connectivity index (χ3v) is 3.18. The van der Waals surface area contributed by atoms with Gasteiger partial charge >= 0.3 is 0 Å². The number of aromatic nitrogens is 3. The monoisotopic (exact) mass is 278 g/mol. The Balaban J connectivity index is 1.76. The summed E-state index contributed by atoms with van der Waals surface area (Å²) in [7, 11) is 1.79. The second kappa shape index (κ2) is 5.58. The molecule has 21 heavy (non-hydrogen) atoms. The summed E-state index contributed by atoms with van der Waals surface area (Å²) in [4.78, 5) is 20.1. The van der Waals surface area contributed by atoms with Gasteiger partial charge in [0.05, 0.1) is 0 Å². The molecule has 104 valence electrons. The molecule has 0 aliphatic heterocycles. The van der Waals surface area contributed by atoms with E-state index in [1.807, 2.05) is 36.4 Å². The molecule has 1 aromatic carbocycles. The van der Waals surface area contributed by atoms with Gasteiger partial charge in [0.15, 0.2) is 5.82 Å². The Morgan fingerprint density at radius 1 is 1.00 bits per heavy atom. The molecule has 0 unspecified atom stereocenters. The summed E-state index contributed by atoms with van der Waals surface area (Å²) in [6.45, 7) is 0. The van der Waals surface area contributed by atoms with E-state index in [0.717, 1.165) is 16.8 Å². The van der Waals surface area contributed by atoms with E-state index in [9.17, 15) is 4.79 Å². The molecule has 1 amide bonds. The van der Waals surface area contributed by atoms with Gasteiger partial charge in [-0.2, -0.15) is 0 Å². The second-order valence-electron chi connectivity index (χ2n) is 4.63. The van der Waals surface area contributed by atoms with Crippen LogP contribution in [0.4, 0.5) is 5.69 Å². The fourth-order valence-corrected chi connectivity index (χ4v) is 2.06. The molecule has 5 heteroatoms. The van der Waals surface area contributed by atoms with Gasteiger partial charge < -0.3 is 9.88 Å². The number of amides is 1. The lowest BCUT2D eigenvalue weighted by Gasteiger charge is -2.06. The highest BCUT2D eigenvalue weighted by Gasteiger charge is 2.10. The van der Waals surface area contributed by atoms with Crippen molar-refractivity contribution in [3.63, 3.8) is 0 Å². The van der Waals surface area contributed by atoms with Gasteiger partial charge in [-0.3, -0.25) is 9.78 Å². The lowest BCUT2D eigenvalue weighted by Crippen LogP contribution is -2.16. The maximum absolute atomic E-state index is 12.0. The molecule has 0 aliphatic rings. The summed E-state index contributed by atoms with van der Waals surface area (Å²) in [5.74, 6) is 0.160. The number of carbonyl (C=O) groups excluding carboxylic acids is 1. The van der Waals surface area contributed by atoms with E-state index in [4.69, 9.17) is 0 Å². The summed E-state index contributed by atoms with van der Waals surface area (Å²) in [6.07, 6.45) is 6.85. The summed E-state index contributed by atoms with van der Waals surface area (Å²) in [5.41, 5.74) is 2.90. The van der Waals surface area contributed by atoms with E-state index in [2.05, 4.69) is 15.3 Å². The van der Waals surface area contributed by atoms with Crippen molar-refractivity contribution < 1.29 is 4.79 Å². The van der Waals surface area contributed by atoms with Gasteiger partial charge in [0.2, 0.25) is 0 Å². The molecule has 0 aliphatic carbocycles. The number of nitrogens with zero attached hydrogens (tertiary/aromatic N) is 3. The van der Waals surface area contributed by atoms with Crippen molar-refractivity contribution in [2.24, 2.45) is 7.05 Å². The van der Waals surface area contributed by atoms with E-state index in [1.165, 1.54) is 0 Å². The molecule has 0 radical (unpaired) electrons. The number of rotatable bonds is 3. The minimum absolute atomic E-state index is 0.223. The molecule has 2 aromatic heterocycles. The zero-order valence-corrected chi connectivity index (χ0v) is 11.5. The molecule has 0 saturated heterocycles. The Kier molecular flexibility index (Phi) is 3.47.